The highest BCUT2D eigenvalue weighted by Gasteiger charge is 2.33. The fourth-order valence-electron chi connectivity index (χ4n) is 2.85. The summed E-state index contributed by atoms with van der Waals surface area (Å²) in [5.41, 5.74) is 0.151. The van der Waals surface area contributed by atoms with Gasteiger partial charge in [-0.05, 0) is 36.8 Å². The van der Waals surface area contributed by atoms with E-state index < -0.39 is 10.0 Å². The molecule has 0 radical (unpaired) electrons. The first-order valence-corrected chi connectivity index (χ1v) is 9.50. The van der Waals surface area contributed by atoms with Gasteiger partial charge in [0.1, 0.15) is 4.21 Å². The molecule has 1 aliphatic rings. The van der Waals surface area contributed by atoms with E-state index in [2.05, 4.69) is 11.6 Å². The van der Waals surface area contributed by atoms with Gasteiger partial charge >= 0.3 is 0 Å². The van der Waals surface area contributed by atoms with Crippen molar-refractivity contribution in [2.24, 2.45) is 5.41 Å². The SMILES string of the molecule is CCC1(CNS(=O)(=O)c2ccc(CCO)s2)CCCC1. The van der Waals surface area contributed by atoms with Gasteiger partial charge in [0.15, 0.2) is 0 Å². The van der Waals surface area contributed by atoms with Crippen LogP contribution in [-0.4, -0.2) is 26.7 Å². The summed E-state index contributed by atoms with van der Waals surface area (Å²) in [6.07, 6.45) is 6.18. The van der Waals surface area contributed by atoms with E-state index in [1.807, 2.05) is 0 Å². The minimum Gasteiger partial charge on any atom is -0.396 e. The third-order valence-corrected chi connectivity index (χ3v) is 7.35. The zero-order valence-electron chi connectivity index (χ0n) is 11.9. The Morgan fingerprint density at radius 3 is 2.65 bits per heavy atom. The lowest BCUT2D eigenvalue weighted by molar-refractivity contribution is 0.286. The first-order chi connectivity index (χ1) is 9.51. The lowest BCUT2D eigenvalue weighted by atomic mass is 9.84. The molecule has 1 heterocycles. The van der Waals surface area contributed by atoms with Crippen molar-refractivity contribution in [1.82, 2.24) is 4.72 Å². The zero-order valence-corrected chi connectivity index (χ0v) is 13.5. The monoisotopic (exact) mass is 317 g/mol. The lowest BCUT2D eigenvalue weighted by Gasteiger charge is -2.27. The van der Waals surface area contributed by atoms with Crippen molar-refractivity contribution in [2.45, 2.75) is 49.7 Å². The molecule has 6 heteroatoms. The van der Waals surface area contributed by atoms with Gasteiger partial charge in [0.2, 0.25) is 10.0 Å². The van der Waals surface area contributed by atoms with Crippen LogP contribution in [0.1, 0.15) is 43.9 Å². The second-order valence-corrected chi connectivity index (χ2v) is 8.74. The van der Waals surface area contributed by atoms with Crippen molar-refractivity contribution < 1.29 is 13.5 Å². The Kier molecular flexibility index (Phi) is 5.23. The molecule has 2 rings (SSSR count). The molecular formula is C14H23NO3S2. The Balaban J connectivity index is 2.03. The molecule has 0 unspecified atom stereocenters. The molecule has 0 aromatic carbocycles. The Hall–Kier alpha value is -0.430. The predicted molar refractivity (Wildman–Crippen MR) is 81.5 cm³/mol. The highest BCUT2D eigenvalue weighted by molar-refractivity contribution is 7.91. The van der Waals surface area contributed by atoms with Gasteiger partial charge in [-0.3, -0.25) is 0 Å². The van der Waals surface area contributed by atoms with Gasteiger partial charge in [0.25, 0.3) is 0 Å². The van der Waals surface area contributed by atoms with Crippen molar-refractivity contribution in [3.8, 4) is 0 Å². The number of rotatable bonds is 7. The average molecular weight is 317 g/mol. The Morgan fingerprint density at radius 2 is 2.05 bits per heavy atom. The van der Waals surface area contributed by atoms with Crippen molar-refractivity contribution in [2.75, 3.05) is 13.2 Å². The maximum atomic E-state index is 12.3. The van der Waals surface area contributed by atoms with Gasteiger partial charge in [-0.25, -0.2) is 13.1 Å². The van der Waals surface area contributed by atoms with Crippen LogP contribution in [0.4, 0.5) is 0 Å². The zero-order chi connectivity index (χ0) is 14.6. The molecule has 2 N–H and O–H groups in total. The Labute approximate surface area is 125 Å². The summed E-state index contributed by atoms with van der Waals surface area (Å²) >= 11 is 1.24. The van der Waals surface area contributed by atoms with Crippen LogP contribution in [0, 0.1) is 5.41 Å². The molecule has 4 nitrogen and oxygen atoms in total. The number of sulfonamides is 1. The second kappa shape index (κ2) is 6.56. The molecule has 0 aliphatic heterocycles. The molecule has 0 bridgehead atoms. The normalized spacial score (nSPS) is 18.5. The molecule has 0 saturated heterocycles. The average Bonchev–Trinajstić information content (AvgIpc) is 3.07. The molecule has 114 valence electrons. The largest absolute Gasteiger partial charge is 0.396 e. The quantitative estimate of drug-likeness (QED) is 0.812. The summed E-state index contributed by atoms with van der Waals surface area (Å²) in [5.74, 6) is 0. The van der Waals surface area contributed by atoms with Crippen LogP contribution in [0.5, 0.6) is 0 Å². The van der Waals surface area contributed by atoms with E-state index in [-0.39, 0.29) is 12.0 Å². The smallest absolute Gasteiger partial charge is 0.250 e. The highest BCUT2D eigenvalue weighted by Crippen LogP contribution is 2.40. The van der Waals surface area contributed by atoms with Crippen LogP contribution >= 0.6 is 11.3 Å². The minimum absolute atomic E-state index is 0.0480. The highest BCUT2D eigenvalue weighted by atomic mass is 32.2. The van der Waals surface area contributed by atoms with E-state index in [4.69, 9.17) is 5.11 Å². The lowest BCUT2D eigenvalue weighted by Crippen LogP contribution is -2.35. The fourth-order valence-corrected chi connectivity index (χ4v) is 5.39. The molecule has 0 amide bonds. The topological polar surface area (TPSA) is 66.4 Å². The van der Waals surface area contributed by atoms with Crippen LogP contribution in [0.3, 0.4) is 0 Å². The van der Waals surface area contributed by atoms with E-state index >= 15 is 0 Å². The van der Waals surface area contributed by atoms with Crippen molar-refractivity contribution in [3.63, 3.8) is 0 Å². The number of thiophene rings is 1. The van der Waals surface area contributed by atoms with Crippen LogP contribution < -0.4 is 4.72 Å². The predicted octanol–water partition coefficient (Wildman–Crippen LogP) is 2.53. The van der Waals surface area contributed by atoms with Crippen molar-refractivity contribution >= 4 is 21.4 Å². The third kappa shape index (κ3) is 3.61. The fraction of sp³-hybridized carbons (Fsp3) is 0.714. The molecule has 20 heavy (non-hydrogen) atoms. The van der Waals surface area contributed by atoms with Crippen LogP contribution in [0.15, 0.2) is 16.3 Å². The van der Waals surface area contributed by atoms with Crippen LogP contribution in [0.25, 0.3) is 0 Å². The third-order valence-electron chi connectivity index (χ3n) is 4.31. The van der Waals surface area contributed by atoms with E-state index in [1.165, 1.54) is 24.2 Å². The molecule has 1 aliphatic carbocycles. The van der Waals surface area contributed by atoms with E-state index in [0.717, 1.165) is 24.1 Å². The number of nitrogens with one attached hydrogen (secondary N) is 1. The van der Waals surface area contributed by atoms with E-state index in [1.54, 1.807) is 12.1 Å². The van der Waals surface area contributed by atoms with Gasteiger partial charge in [-0.2, -0.15) is 0 Å². The van der Waals surface area contributed by atoms with E-state index in [0.29, 0.717) is 17.2 Å². The Morgan fingerprint density at radius 1 is 1.35 bits per heavy atom. The molecule has 1 saturated carbocycles. The summed E-state index contributed by atoms with van der Waals surface area (Å²) in [6.45, 7) is 2.73. The van der Waals surface area contributed by atoms with Crippen LogP contribution in [0.2, 0.25) is 0 Å². The van der Waals surface area contributed by atoms with E-state index in [9.17, 15) is 8.42 Å². The summed E-state index contributed by atoms with van der Waals surface area (Å²) in [5, 5.41) is 8.89. The maximum absolute atomic E-state index is 12.3. The number of hydrogen-bond acceptors (Lipinski definition) is 4. The number of hydrogen-bond donors (Lipinski definition) is 2. The standard InChI is InChI=1S/C14H23NO3S2/c1-2-14(8-3-4-9-14)11-15-20(17,18)13-6-5-12(19-13)7-10-16/h5-6,15-16H,2-4,7-11H2,1H3. The maximum Gasteiger partial charge on any atom is 0.250 e. The molecule has 1 fully saturated rings. The van der Waals surface area contributed by atoms with Crippen LogP contribution in [-0.2, 0) is 16.4 Å². The van der Waals surface area contributed by atoms with Gasteiger partial charge in [0.05, 0.1) is 0 Å². The number of aliphatic hydroxyl groups excluding tert-OH is 1. The van der Waals surface area contributed by atoms with Gasteiger partial charge in [-0.15, -0.1) is 11.3 Å². The summed E-state index contributed by atoms with van der Waals surface area (Å²) < 4.78 is 27.7. The first kappa shape index (κ1) is 15.9. The minimum atomic E-state index is -3.41. The summed E-state index contributed by atoms with van der Waals surface area (Å²) in [4.78, 5) is 0.902. The molecule has 1 aromatic rings. The van der Waals surface area contributed by atoms with Crippen molar-refractivity contribution in [1.29, 1.82) is 0 Å². The molecular weight excluding hydrogens is 294 g/mol. The van der Waals surface area contributed by atoms with Gasteiger partial charge in [-0.1, -0.05) is 19.8 Å². The molecule has 0 spiro atoms. The number of aliphatic hydroxyl groups is 1. The second-order valence-electron chi connectivity index (χ2n) is 5.58. The van der Waals surface area contributed by atoms with Gasteiger partial charge in [0, 0.05) is 24.4 Å². The summed E-state index contributed by atoms with van der Waals surface area (Å²) in [7, 11) is -3.41. The van der Waals surface area contributed by atoms with Gasteiger partial charge < -0.3 is 5.11 Å². The Bertz CT molecular complexity index is 530. The van der Waals surface area contributed by atoms with Crippen molar-refractivity contribution in [3.05, 3.63) is 17.0 Å². The first-order valence-electron chi connectivity index (χ1n) is 7.21. The molecule has 1 aromatic heterocycles. The summed E-state index contributed by atoms with van der Waals surface area (Å²) in [6, 6.07) is 3.41. The molecule has 0 atom stereocenters.